The van der Waals surface area contributed by atoms with Crippen LogP contribution in [0, 0.1) is 6.20 Å². The third-order valence-corrected chi connectivity index (χ3v) is 1.30. The maximum absolute atomic E-state index is 12.1. The first-order chi connectivity index (χ1) is 5.46. The fourth-order valence-corrected chi connectivity index (χ4v) is 0.799. The predicted octanol–water partition coefficient (Wildman–Crippen LogP) is 1.25. The number of rotatable bonds is 1. The molecule has 0 aliphatic rings. The summed E-state index contributed by atoms with van der Waals surface area (Å²) in [5.74, 6) is -0.331. The molecule has 0 atom stereocenters. The van der Waals surface area contributed by atoms with E-state index in [4.69, 9.17) is 0 Å². The Labute approximate surface area is 66.7 Å². The quantitative estimate of drug-likeness (QED) is 0.648. The molecule has 0 spiro atoms. The van der Waals surface area contributed by atoms with Crippen molar-refractivity contribution in [3.8, 4) is 5.88 Å². The van der Waals surface area contributed by atoms with E-state index >= 15 is 0 Å². The highest BCUT2D eigenvalue weighted by Crippen LogP contribution is 2.34. The fraction of sp³-hybridized carbons (Fsp3) is 0.500. The Kier molecular flexibility index (Phi) is 1.99. The minimum absolute atomic E-state index is 0.331. The summed E-state index contributed by atoms with van der Waals surface area (Å²) in [5.41, 5.74) is -0.979. The molecule has 12 heavy (non-hydrogen) atoms. The van der Waals surface area contributed by atoms with Crippen molar-refractivity contribution >= 4 is 0 Å². The lowest BCUT2D eigenvalue weighted by Crippen LogP contribution is -2.06. The first-order valence-corrected chi connectivity index (χ1v) is 3.02. The number of ether oxygens (including phenoxy) is 1. The molecule has 0 unspecified atom stereocenters. The summed E-state index contributed by atoms with van der Waals surface area (Å²) in [4.78, 5) is 0. The van der Waals surface area contributed by atoms with Gasteiger partial charge in [0, 0.05) is 7.05 Å². The van der Waals surface area contributed by atoms with Crippen molar-refractivity contribution in [2.45, 2.75) is 6.18 Å². The Morgan fingerprint density at radius 2 is 2.08 bits per heavy atom. The topological polar surface area (TPSA) is 27.1 Å². The van der Waals surface area contributed by atoms with Crippen LogP contribution in [0.5, 0.6) is 5.88 Å². The van der Waals surface area contributed by atoms with Gasteiger partial charge in [-0.05, 0) is 0 Å². The summed E-state index contributed by atoms with van der Waals surface area (Å²) >= 11 is 0. The zero-order valence-electron chi connectivity index (χ0n) is 6.44. The Morgan fingerprint density at radius 3 is 2.42 bits per heavy atom. The number of methoxy groups -OCH3 is 1. The highest BCUT2D eigenvalue weighted by molar-refractivity contribution is 5.25. The second kappa shape index (κ2) is 2.69. The van der Waals surface area contributed by atoms with Gasteiger partial charge < -0.3 is 4.74 Å². The van der Waals surface area contributed by atoms with Gasteiger partial charge in [-0.1, -0.05) is 0 Å². The first-order valence-electron chi connectivity index (χ1n) is 3.02. The van der Waals surface area contributed by atoms with Gasteiger partial charge in [0.05, 0.1) is 7.11 Å². The first kappa shape index (κ1) is 8.89. The Balaban J connectivity index is 3.16. The standard InChI is InChI=1S/C6H6F3N2O/c1-11-5(12-2)4(3-10-11)6(7,8)9/h1-2H3. The summed E-state index contributed by atoms with van der Waals surface area (Å²) < 4.78 is 41.7. The van der Waals surface area contributed by atoms with Crippen molar-refractivity contribution in [3.63, 3.8) is 0 Å². The molecule has 0 aliphatic heterocycles. The van der Waals surface area contributed by atoms with Crippen LogP contribution in [0.3, 0.4) is 0 Å². The van der Waals surface area contributed by atoms with E-state index in [0.29, 0.717) is 0 Å². The molecule has 1 aromatic rings. The van der Waals surface area contributed by atoms with Gasteiger partial charge in [-0.15, -0.1) is 0 Å². The molecule has 67 valence electrons. The van der Waals surface area contributed by atoms with Crippen molar-refractivity contribution in [3.05, 3.63) is 11.8 Å². The lowest BCUT2D eigenvalue weighted by Gasteiger charge is -2.06. The van der Waals surface area contributed by atoms with Crippen LogP contribution in [-0.4, -0.2) is 16.9 Å². The van der Waals surface area contributed by atoms with E-state index in [1.54, 1.807) is 0 Å². The molecule has 0 amide bonds. The van der Waals surface area contributed by atoms with Gasteiger partial charge >= 0.3 is 6.18 Å². The highest BCUT2D eigenvalue weighted by atomic mass is 19.4. The Hall–Kier alpha value is -1.20. The van der Waals surface area contributed by atoms with Crippen LogP contribution in [-0.2, 0) is 13.2 Å². The molecular formula is C6H6F3N2O. The molecule has 1 heterocycles. The minimum Gasteiger partial charge on any atom is -0.481 e. The minimum atomic E-state index is -4.46. The molecule has 1 aromatic heterocycles. The van der Waals surface area contributed by atoms with Crippen molar-refractivity contribution in [2.75, 3.05) is 7.11 Å². The SMILES string of the molecule is COc1c(C(F)(F)F)[c]nn1C. The molecule has 0 aromatic carbocycles. The van der Waals surface area contributed by atoms with Gasteiger partial charge in [0.25, 0.3) is 0 Å². The lowest BCUT2D eigenvalue weighted by atomic mass is 10.3. The fourth-order valence-electron chi connectivity index (χ4n) is 0.799. The predicted molar refractivity (Wildman–Crippen MR) is 33.6 cm³/mol. The maximum atomic E-state index is 12.1. The van der Waals surface area contributed by atoms with E-state index in [1.165, 1.54) is 7.05 Å². The average molecular weight is 179 g/mol. The van der Waals surface area contributed by atoms with E-state index in [-0.39, 0.29) is 5.88 Å². The number of aryl methyl sites for hydroxylation is 1. The normalized spacial score (nSPS) is 11.8. The van der Waals surface area contributed by atoms with Crippen LogP contribution in [0.1, 0.15) is 5.56 Å². The third-order valence-electron chi connectivity index (χ3n) is 1.30. The highest BCUT2D eigenvalue weighted by Gasteiger charge is 2.37. The number of hydrogen-bond donors (Lipinski definition) is 0. The lowest BCUT2D eigenvalue weighted by molar-refractivity contribution is -0.139. The number of alkyl halides is 3. The van der Waals surface area contributed by atoms with E-state index in [1.807, 2.05) is 6.20 Å². The molecule has 0 N–H and O–H groups in total. The van der Waals surface area contributed by atoms with Crippen LogP contribution in [0.4, 0.5) is 13.2 Å². The Morgan fingerprint density at radius 1 is 1.50 bits per heavy atom. The molecule has 0 saturated carbocycles. The van der Waals surface area contributed by atoms with Crippen LogP contribution < -0.4 is 4.74 Å². The zero-order valence-corrected chi connectivity index (χ0v) is 6.44. The summed E-state index contributed by atoms with van der Waals surface area (Å²) in [5, 5.41) is 3.30. The second-order valence-electron chi connectivity index (χ2n) is 2.12. The number of halogens is 3. The summed E-state index contributed by atoms with van der Waals surface area (Å²) in [6.45, 7) is 0. The van der Waals surface area contributed by atoms with E-state index < -0.39 is 11.7 Å². The number of nitrogens with zero attached hydrogens (tertiary/aromatic N) is 2. The van der Waals surface area contributed by atoms with E-state index in [9.17, 15) is 13.2 Å². The molecule has 0 fully saturated rings. The van der Waals surface area contributed by atoms with E-state index in [0.717, 1.165) is 11.8 Å². The van der Waals surface area contributed by atoms with Gasteiger partial charge in [0.2, 0.25) is 5.88 Å². The molecule has 0 aliphatic carbocycles. The summed E-state index contributed by atoms with van der Waals surface area (Å²) in [6, 6.07) is 0. The van der Waals surface area contributed by atoms with Gasteiger partial charge in [0.15, 0.2) is 0 Å². The van der Waals surface area contributed by atoms with Gasteiger partial charge in [0.1, 0.15) is 11.8 Å². The van der Waals surface area contributed by atoms with Crippen LogP contribution in [0.25, 0.3) is 0 Å². The third kappa shape index (κ3) is 1.37. The number of hydrogen-bond acceptors (Lipinski definition) is 2. The monoisotopic (exact) mass is 179 g/mol. The smallest absolute Gasteiger partial charge is 0.423 e. The summed E-state index contributed by atoms with van der Waals surface area (Å²) in [6.07, 6.45) is -2.63. The molecule has 3 nitrogen and oxygen atoms in total. The molecule has 0 saturated heterocycles. The summed E-state index contributed by atoms with van der Waals surface area (Å²) in [7, 11) is 2.50. The molecule has 1 radical (unpaired) electrons. The zero-order chi connectivity index (χ0) is 9.35. The van der Waals surface area contributed by atoms with Gasteiger partial charge in [-0.3, -0.25) is 0 Å². The second-order valence-corrected chi connectivity index (χ2v) is 2.12. The van der Waals surface area contributed by atoms with Crippen molar-refractivity contribution < 1.29 is 17.9 Å². The van der Waals surface area contributed by atoms with Crippen molar-refractivity contribution in [1.82, 2.24) is 9.78 Å². The number of aromatic nitrogens is 2. The van der Waals surface area contributed by atoms with Gasteiger partial charge in [-0.25, -0.2) is 4.68 Å². The molecule has 1 rings (SSSR count). The van der Waals surface area contributed by atoms with Crippen LogP contribution >= 0.6 is 0 Å². The Bertz CT molecular complexity index is 279. The van der Waals surface area contributed by atoms with E-state index in [2.05, 4.69) is 9.84 Å². The average Bonchev–Trinajstić information content (AvgIpc) is 2.29. The molecule has 0 bridgehead atoms. The van der Waals surface area contributed by atoms with Crippen LogP contribution in [0.15, 0.2) is 0 Å². The molecule has 6 heteroatoms. The maximum Gasteiger partial charge on any atom is 0.423 e. The largest absolute Gasteiger partial charge is 0.481 e. The van der Waals surface area contributed by atoms with Crippen LogP contribution in [0.2, 0.25) is 0 Å². The van der Waals surface area contributed by atoms with Crippen molar-refractivity contribution in [1.29, 1.82) is 0 Å². The van der Waals surface area contributed by atoms with Gasteiger partial charge in [-0.2, -0.15) is 18.3 Å². The van der Waals surface area contributed by atoms with Crippen molar-refractivity contribution in [2.24, 2.45) is 7.05 Å². The molecular weight excluding hydrogens is 173 g/mol.